The number of carbonyl (C=O) groups excluding carboxylic acids is 2. The molecule has 0 aliphatic rings. The van der Waals surface area contributed by atoms with Crippen molar-refractivity contribution in [2.75, 3.05) is 10.6 Å². The highest BCUT2D eigenvalue weighted by atomic mass is 19.1. The lowest BCUT2D eigenvalue weighted by Crippen LogP contribution is -2.38. The number of nitrogens with zero attached hydrogens (tertiary/aromatic N) is 2. The van der Waals surface area contributed by atoms with E-state index in [0.29, 0.717) is 0 Å². The highest BCUT2D eigenvalue weighted by molar-refractivity contribution is 6.28. The summed E-state index contributed by atoms with van der Waals surface area (Å²) in [6.45, 7) is 0. The van der Waals surface area contributed by atoms with E-state index in [0.717, 1.165) is 33.5 Å². The van der Waals surface area contributed by atoms with Gasteiger partial charge in [-0.1, -0.05) is 24.3 Å². The van der Waals surface area contributed by atoms with Gasteiger partial charge in [0.1, 0.15) is 17.2 Å². The second-order valence-electron chi connectivity index (χ2n) is 6.77. The predicted octanol–water partition coefficient (Wildman–Crippen LogP) is 2.02. The molecule has 0 bridgehead atoms. The van der Waals surface area contributed by atoms with Crippen LogP contribution < -0.4 is 21.9 Å². The summed E-state index contributed by atoms with van der Waals surface area (Å²) in [5, 5.41) is 4.52. The Bertz CT molecular complexity index is 1300. The first kappa shape index (κ1) is 22.3. The summed E-state index contributed by atoms with van der Waals surface area (Å²) in [5.41, 5.74) is -2.53. The van der Waals surface area contributed by atoms with Gasteiger partial charge in [-0.3, -0.25) is 19.0 Å². The molecule has 164 valence electrons. The number of benzene rings is 2. The zero-order valence-corrected chi connectivity index (χ0v) is 17.1. The van der Waals surface area contributed by atoms with Crippen LogP contribution in [-0.4, -0.2) is 20.9 Å². The Morgan fingerprint density at radius 2 is 1.31 bits per heavy atom. The van der Waals surface area contributed by atoms with E-state index in [2.05, 4.69) is 10.6 Å². The minimum Gasteiger partial charge on any atom is -0.319 e. The Morgan fingerprint density at radius 3 is 1.78 bits per heavy atom. The molecule has 1 aromatic heterocycles. The van der Waals surface area contributed by atoms with Crippen LogP contribution in [0.3, 0.4) is 0 Å². The summed E-state index contributed by atoms with van der Waals surface area (Å²) in [5.74, 6) is -3.57. The number of aryl methyl sites for hydroxylation is 1. The first-order chi connectivity index (χ1) is 15.2. The lowest BCUT2D eigenvalue weighted by Gasteiger charge is -2.12. The van der Waals surface area contributed by atoms with E-state index < -0.39 is 40.3 Å². The third-order valence-corrected chi connectivity index (χ3v) is 4.51. The van der Waals surface area contributed by atoms with E-state index in [1.807, 2.05) is 0 Å². The molecule has 3 rings (SSSR count). The normalized spacial score (nSPS) is 10.4. The molecule has 0 unspecified atom stereocenters. The number of halogens is 2. The van der Waals surface area contributed by atoms with Gasteiger partial charge in [0.15, 0.2) is 0 Å². The molecule has 0 atom stereocenters. The highest BCUT2D eigenvalue weighted by Crippen LogP contribution is 2.17. The second kappa shape index (κ2) is 9.21. The Hall–Kier alpha value is -4.34. The fourth-order valence-electron chi connectivity index (χ4n) is 2.83. The van der Waals surface area contributed by atoms with Gasteiger partial charge in [0, 0.05) is 20.3 Å². The topological polar surface area (TPSA) is 102 Å². The highest BCUT2D eigenvalue weighted by Gasteiger charge is 2.22. The maximum absolute atomic E-state index is 14.0. The number of anilines is 2. The maximum atomic E-state index is 14.0. The average molecular weight is 440 g/mol. The second-order valence-corrected chi connectivity index (χ2v) is 6.77. The van der Waals surface area contributed by atoms with Crippen LogP contribution in [0.2, 0.25) is 0 Å². The molecule has 0 radical (unpaired) electrons. The minimum absolute atomic E-state index is 0.156. The number of hydrogen-bond donors (Lipinski definition) is 2. The Balaban J connectivity index is 2.08. The number of rotatable bonds is 5. The number of amides is 2. The lowest BCUT2D eigenvalue weighted by atomic mass is 10.1. The van der Waals surface area contributed by atoms with Crippen LogP contribution in [0.25, 0.3) is 6.08 Å². The zero-order chi connectivity index (χ0) is 23.4. The van der Waals surface area contributed by atoms with Crippen molar-refractivity contribution in [1.29, 1.82) is 0 Å². The molecule has 32 heavy (non-hydrogen) atoms. The van der Waals surface area contributed by atoms with Crippen molar-refractivity contribution in [2.45, 2.75) is 0 Å². The molecule has 0 spiro atoms. The van der Waals surface area contributed by atoms with Crippen molar-refractivity contribution in [3.63, 3.8) is 0 Å². The van der Waals surface area contributed by atoms with Gasteiger partial charge >= 0.3 is 5.69 Å². The quantitative estimate of drug-likeness (QED) is 0.360. The molecule has 1 heterocycles. The van der Waals surface area contributed by atoms with Crippen molar-refractivity contribution in [3.05, 3.63) is 98.3 Å². The zero-order valence-electron chi connectivity index (χ0n) is 17.1. The third kappa shape index (κ3) is 4.69. The van der Waals surface area contributed by atoms with Crippen LogP contribution in [0.4, 0.5) is 20.2 Å². The molecule has 2 amide bonds. The minimum atomic E-state index is -1.04. The van der Waals surface area contributed by atoms with E-state index in [4.69, 9.17) is 0 Å². The van der Waals surface area contributed by atoms with Gasteiger partial charge < -0.3 is 15.2 Å². The predicted molar refractivity (Wildman–Crippen MR) is 115 cm³/mol. The molecular formula is C22H18F2N4O4. The van der Waals surface area contributed by atoms with Crippen LogP contribution in [0, 0.1) is 11.6 Å². The molecule has 0 aliphatic carbocycles. The Labute approximate surface area is 180 Å². The van der Waals surface area contributed by atoms with Gasteiger partial charge in [-0.25, -0.2) is 13.6 Å². The van der Waals surface area contributed by atoms with Gasteiger partial charge in [-0.2, -0.15) is 0 Å². The van der Waals surface area contributed by atoms with Crippen molar-refractivity contribution < 1.29 is 18.4 Å². The number of aromatic nitrogens is 2. The fraction of sp³-hybridized carbons (Fsp3) is 0.0909. The molecular weight excluding hydrogens is 422 g/mol. The number of hydrogen-bond acceptors (Lipinski definition) is 4. The molecule has 8 nitrogen and oxygen atoms in total. The lowest BCUT2D eigenvalue weighted by molar-refractivity contribution is -0.118. The van der Waals surface area contributed by atoms with Crippen LogP contribution in [0.5, 0.6) is 0 Å². The van der Waals surface area contributed by atoms with Gasteiger partial charge in [-0.15, -0.1) is 0 Å². The maximum Gasteiger partial charge on any atom is 0.330 e. The monoisotopic (exact) mass is 440 g/mol. The van der Waals surface area contributed by atoms with E-state index in [1.165, 1.54) is 50.5 Å². The van der Waals surface area contributed by atoms with Crippen molar-refractivity contribution in [1.82, 2.24) is 9.13 Å². The first-order valence-corrected chi connectivity index (χ1v) is 9.29. The SMILES string of the molecule is Cn1cc(C=C(C(=O)Nc2ccccc2F)C(=O)Nc2ccccc2F)c(=O)n(C)c1=O. The Morgan fingerprint density at radius 1 is 0.844 bits per heavy atom. The van der Waals surface area contributed by atoms with Crippen LogP contribution >= 0.6 is 0 Å². The fourth-order valence-corrected chi connectivity index (χ4v) is 2.83. The first-order valence-electron chi connectivity index (χ1n) is 9.29. The summed E-state index contributed by atoms with van der Waals surface area (Å²) in [6.07, 6.45) is 2.10. The molecule has 3 aromatic rings. The molecule has 0 fully saturated rings. The van der Waals surface area contributed by atoms with Crippen LogP contribution in [0.15, 0.2) is 69.9 Å². The van der Waals surface area contributed by atoms with E-state index in [9.17, 15) is 28.0 Å². The summed E-state index contributed by atoms with van der Waals surface area (Å²) >= 11 is 0. The van der Waals surface area contributed by atoms with Crippen molar-refractivity contribution in [3.8, 4) is 0 Å². The van der Waals surface area contributed by atoms with Crippen LogP contribution in [-0.2, 0) is 23.7 Å². The number of carbonyl (C=O) groups is 2. The summed E-state index contributed by atoms with van der Waals surface area (Å²) in [4.78, 5) is 50.1. The molecule has 2 aromatic carbocycles. The Kier molecular flexibility index (Phi) is 6.43. The third-order valence-electron chi connectivity index (χ3n) is 4.51. The average Bonchev–Trinajstić information content (AvgIpc) is 2.76. The molecule has 0 saturated carbocycles. The summed E-state index contributed by atoms with van der Waals surface area (Å²) < 4.78 is 29.8. The van der Waals surface area contributed by atoms with Gasteiger partial charge in [-0.05, 0) is 30.3 Å². The molecule has 2 N–H and O–H groups in total. The smallest absolute Gasteiger partial charge is 0.319 e. The van der Waals surface area contributed by atoms with Gasteiger partial charge in [0.25, 0.3) is 17.4 Å². The van der Waals surface area contributed by atoms with Gasteiger partial charge in [0.05, 0.1) is 16.9 Å². The number of nitrogens with one attached hydrogen (secondary N) is 2. The van der Waals surface area contributed by atoms with E-state index in [-0.39, 0.29) is 16.9 Å². The molecule has 0 saturated heterocycles. The standard InChI is InChI=1S/C22H18F2N4O4/c1-27-12-13(21(31)28(2)22(27)32)11-14(19(29)25-17-9-5-3-7-15(17)23)20(30)26-18-10-6-4-8-16(18)24/h3-12H,1-2H3,(H,25,29)(H,26,30). The number of para-hydroxylation sites is 2. The van der Waals surface area contributed by atoms with Crippen molar-refractivity contribution in [2.24, 2.45) is 14.1 Å². The molecule has 0 aliphatic heterocycles. The summed E-state index contributed by atoms with van der Waals surface area (Å²) in [6, 6.07) is 10.6. The van der Waals surface area contributed by atoms with Crippen LogP contribution in [0.1, 0.15) is 5.56 Å². The largest absolute Gasteiger partial charge is 0.330 e. The van der Waals surface area contributed by atoms with Gasteiger partial charge in [0.2, 0.25) is 0 Å². The molecule has 10 heteroatoms. The summed E-state index contributed by atoms with van der Waals surface area (Å²) in [7, 11) is 2.62. The van der Waals surface area contributed by atoms with E-state index in [1.54, 1.807) is 0 Å². The van der Waals surface area contributed by atoms with E-state index >= 15 is 0 Å². The van der Waals surface area contributed by atoms with Crippen molar-refractivity contribution >= 4 is 29.3 Å².